The minimum atomic E-state index is -0.749. The van der Waals surface area contributed by atoms with Crippen molar-refractivity contribution in [3.63, 3.8) is 0 Å². The second-order valence-corrected chi connectivity index (χ2v) is 4.77. The van der Waals surface area contributed by atoms with Crippen LogP contribution in [0.25, 0.3) is 0 Å². The highest BCUT2D eigenvalue weighted by atomic mass is 32.2. The van der Waals surface area contributed by atoms with Gasteiger partial charge in [0.2, 0.25) is 0 Å². The van der Waals surface area contributed by atoms with Crippen LogP contribution in [0.1, 0.15) is 0 Å². The minimum absolute atomic E-state index is 0.223. The van der Waals surface area contributed by atoms with E-state index in [1.807, 2.05) is 0 Å². The highest BCUT2D eigenvalue weighted by Gasteiger charge is 2.23. The summed E-state index contributed by atoms with van der Waals surface area (Å²) >= 11 is 0. The number of hydroxylamine groups is 3. The first-order valence-corrected chi connectivity index (χ1v) is 5.56. The molecule has 0 spiro atoms. The molecule has 1 heterocycles. The van der Waals surface area contributed by atoms with Gasteiger partial charge in [-0.25, -0.2) is 0 Å². The second-order valence-electron chi connectivity index (χ2n) is 3.07. The summed E-state index contributed by atoms with van der Waals surface area (Å²) in [6.45, 7) is 1.95. The van der Waals surface area contributed by atoms with Crippen molar-refractivity contribution in [2.24, 2.45) is 0 Å². The zero-order valence-electron chi connectivity index (χ0n) is 7.32. The summed E-state index contributed by atoms with van der Waals surface area (Å²) in [7, 11) is 0.843. The lowest BCUT2D eigenvalue weighted by atomic mass is 10.4. The van der Waals surface area contributed by atoms with Crippen LogP contribution >= 0.6 is 0 Å². The maximum absolute atomic E-state index is 11.7. The number of quaternary nitrogens is 1. The summed E-state index contributed by atoms with van der Waals surface area (Å²) in [6, 6.07) is 0. The molecule has 0 aromatic rings. The molecule has 1 aliphatic heterocycles. The molecule has 0 atom stereocenters. The van der Waals surface area contributed by atoms with Crippen molar-refractivity contribution in [1.29, 1.82) is 0 Å². The van der Waals surface area contributed by atoms with Crippen LogP contribution in [0.5, 0.6) is 0 Å². The van der Waals surface area contributed by atoms with Gasteiger partial charge in [0.05, 0.1) is 31.2 Å². The number of nitrogens with zero attached hydrogens (tertiary/aromatic N) is 1. The van der Waals surface area contributed by atoms with Gasteiger partial charge in [-0.3, -0.25) is 4.21 Å². The summed E-state index contributed by atoms with van der Waals surface area (Å²) in [6.07, 6.45) is 0. The first-order chi connectivity index (χ1) is 5.66. The van der Waals surface area contributed by atoms with Crippen molar-refractivity contribution >= 4 is 10.8 Å². The molecule has 0 radical (unpaired) electrons. The number of hydrogen-bond donors (Lipinski definition) is 0. The Labute approximate surface area is 75.1 Å². The van der Waals surface area contributed by atoms with Crippen LogP contribution in [0, 0.1) is 5.21 Å². The number of rotatable bonds is 3. The predicted octanol–water partition coefficient (Wildman–Crippen LogP) is -0.290. The molecule has 5 heteroatoms. The van der Waals surface area contributed by atoms with Gasteiger partial charge >= 0.3 is 0 Å². The van der Waals surface area contributed by atoms with Crippen LogP contribution < -0.4 is 0 Å². The topological polar surface area (TPSA) is 49.4 Å². The largest absolute Gasteiger partial charge is 0.633 e. The third-order valence-electron chi connectivity index (χ3n) is 2.16. The van der Waals surface area contributed by atoms with E-state index in [0.717, 1.165) is 0 Å². The van der Waals surface area contributed by atoms with Gasteiger partial charge in [-0.15, -0.1) is 0 Å². The zero-order chi connectivity index (χ0) is 9.03. The minimum Gasteiger partial charge on any atom is -0.633 e. The van der Waals surface area contributed by atoms with Gasteiger partial charge in [-0.2, -0.15) is 0 Å². The van der Waals surface area contributed by atoms with Crippen LogP contribution in [-0.2, 0) is 15.5 Å². The van der Waals surface area contributed by atoms with Crippen molar-refractivity contribution < 1.29 is 13.6 Å². The van der Waals surface area contributed by atoms with E-state index in [1.54, 1.807) is 7.11 Å². The monoisotopic (exact) mass is 193 g/mol. The van der Waals surface area contributed by atoms with Crippen molar-refractivity contribution in [2.75, 3.05) is 44.9 Å². The summed E-state index contributed by atoms with van der Waals surface area (Å²) in [5, 5.41) is 11.7. The highest BCUT2D eigenvalue weighted by Crippen LogP contribution is 2.09. The fourth-order valence-corrected chi connectivity index (χ4v) is 2.51. The average molecular weight is 193 g/mol. The Bertz CT molecular complexity index is 164. The number of ether oxygens (including phenoxy) is 1. The number of hydrogen-bond acceptors (Lipinski definition) is 3. The van der Waals surface area contributed by atoms with E-state index in [4.69, 9.17) is 4.74 Å². The predicted molar refractivity (Wildman–Crippen MR) is 48.0 cm³/mol. The molecule has 0 bridgehead atoms. The lowest BCUT2D eigenvalue weighted by Crippen LogP contribution is -2.52. The van der Waals surface area contributed by atoms with Gasteiger partial charge in [0.15, 0.2) is 0 Å². The van der Waals surface area contributed by atoms with Crippen LogP contribution in [0.2, 0.25) is 0 Å². The van der Waals surface area contributed by atoms with E-state index in [9.17, 15) is 9.42 Å². The zero-order valence-corrected chi connectivity index (χ0v) is 8.14. The molecular weight excluding hydrogens is 178 g/mol. The van der Waals surface area contributed by atoms with E-state index in [-0.39, 0.29) is 4.65 Å². The molecular formula is C7H15NO3S. The molecule has 0 aromatic carbocycles. The third kappa shape index (κ3) is 2.82. The molecule has 0 aromatic heterocycles. The maximum Gasteiger partial charge on any atom is 0.102 e. The Hall–Kier alpha value is 0.0300. The van der Waals surface area contributed by atoms with Crippen LogP contribution in [0.4, 0.5) is 0 Å². The molecule has 0 saturated carbocycles. The Morgan fingerprint density at radius 3 is 2.58 bits per heavy atom. The van der Waals surface area contributed by atoms with Crippen molar-refractivity contribution in [1.82, 2.24) is 0 Å². The molecule has 0 N–H and O–H groups in total. The van der Waals surface area contributed by atoms with E-state index < -0.39 is 10.8 Å². The molecule has 0 aliphatic carbocycles. The fourth-order valence-electron chi connectivity index (χ4n) is 1.23. The van der Waals surface area contributed by atoms with Gasteiger partial charge < -0.3 is 14.6 Å². The molecule has 12 heavy (non-hydrogen) atoms. The van der Waals surface area contributed by atoms with Gasteiger partial charge in [0.25, 0.3) is 0 Å². The molecule has 1 fully saturated rings. The molecule has 0 amide bonds. The maximum atomic E-state index is 11.7. The van der Waals surface area contributed by atoms with E-state index in [2.05, 4.69) is 0 Å². The Morgan fingerprint density at radius 2 is 2.08 bits per heavy atom. The molecule has 0 unspecified atom stereocenters. The van der Waals surface area contributed by atoms with Crippen LogP contribution in [-0.4, -0.2) is 53.7 Å². The summed E-state index contributed by atoms with van der Waals surface area (Å²) < 4.78 is 15.6. The molecule has 1 rings (SSSR count). The molecule has 72 valence electrons. The second kappa shape index (κ2) is 4.32. The van der Waals surface area contributed by atoms with Crippen LogP contribution in [0.15, 0.2) is 0 Å². The summed E-state index contributed by atoms with van der Waals surface area (Å²) in [5.41, 5.74) is 0. The first kappa shape index (κ1) is 10.1. The van der Waals surface area contributed by atoms with Crippen molar-refractivity contribution in [3.05, 3.63) is 5.21 Å². The molecule has 1 saturated heterocycles. The van der Waals surface area contributed by atoms with Gasteiger partial charge in [0, 0.05) is 17.9 Å². The van der Waals surface area contributed by atoms with Crippen molar-refractivity contribution in [3.8, 4) is 0 Å². The fraction of sp³-hybridized carbons (Fsp3) is 1.00. The van der Waals surface area contributed by atoms with Crippen LogP contribution in [0.3, 0.4) is 0 Å². The van der Waals surface area contributed by atoms with Gasteiger partial charge in [-0.1, -0.05) is 0 Å². The normalized spacial score (nSPS) is 36.7. The van der Waals surface area contributed by atoms with E-state index >= 15 is 0 Å². The summed E-state index contributed by atoms with van der Waals surface area (Å²) in [4.78, 5) is 0. The van der Waals surface area contributed by atoms with Gasteiger partial charge in [0.1, 0.15) is 6.54 Å². The van der Waals surface area contributed by atoms with Gasteiger partial charge in [-0.05, 0) is 0 Å². The SMILES string of the molecule is COCC[N+]1([O-])CCS(=O)CC1. The molecule has 4 nitrogen and oxygen atoms in total. The molecule has 1 aliphatic rings. The average Bonchev–Trinajstić information content (AvgIpc) is 2.08. The lowest BCUT2D eigenvalue weighted by molar-refractivity contribution is -0.877. The van der Waals surface area contributed by atoms with E-state index in [0.29, 0.717) is 37.7 Å². The first-order valence-electron chi connectivity index (χ1n) is 4.07. The quantitative estimate of drug-likeness (QED) is 0.457. The lowest BCUT2D eigenvalue weighted by Gasteiger charge is -2.44. The Kier molecular flexibility index (Phi) is 3.64. The summed E-state index contributed by atoms with van der Waals surface area (Å²) in [5.74, 6) is 1.10. The Morgan fingerprint density at radius 1 is 1.50 bits per heavy atom. The Balaban J connectivity index is 2.34. The van der Waals surface area contributed by atoms with Crippen molar-refractivity contribution in [2.45, 2.75) is 0 Å². The smallest absolute Gasteiger partial charge is 0.102 e. The highest BCUT2D eigenvalue weighted by molar-refractivity contribution is 7.85. The number of methoxy groups -OCH3 is 1. The standard InChI is InChI=1S/C7H15NO3S/c1-11-5-2-8(9)3-6-12(10)7-4-8/h2-7H2,1H3. The van der Waals surface area contributed by atoms with E-state index in [1.165, 1.54) is 0 Å². The third-order valence-corrected chi connectivity index (χ3v) is 3.43.